The van der Waals surface area contributed by atoms with Gasteiger partial charge >= 0.3 is 0 Å². The van der Waals surface area contributed by atoms with E-state index in [1.807, 2.05) is 26.1 Å². The molecule has 2 bridgehead atoms. The van der Waals surface area contributed by atoms with Gasteiger partial charge in [0.2, 0.25) is 0 Å². The molecule has 0 amide bonds. The second-order valence-electron chi connectivity index (χ2n) is 7.00. The Hall–Kier alpha value is -1.97. The van der Waals surface area contributed by atoms with Crippen LogP contribution in [0.3, 0.4) is 0 Å². The van der Waals surface area contributed by atoms with Crippen molar-refractivity contribution in [2.75, 3.05) is 7.05 Å². The normalized spacial score (nSPS) is 27.0. The minimum Gasteiger partial charge on any atom is -0.391 e. The highest BCUT2D eigenvalue weighted by atomic mass is 16.3. The van der Waals surface area contributed by atoms with Crippen LogP contribution in [0.25, 0.3) is 16.3 Å². The van der Waals surface area contributed by atoms with Crippen LogP contribution in [0.1, 0.15) is 31.7 Å². The first-order valence-electron chi connectivity index (χ1n) is 8.75. The van der Waals surface area contributed by atoms with Crippen LogP contribution in [0.15, 0.2) is 48.0 Å². The molecular weight excluding hydrogens is 298 g/mol. The van der Waals surface area contributed by atoms with Crippen LogP contribution in [0, 0.1) is 0 Å². The van der Waals surface area contributed by atoms with Crippen molar-refractivity contribution in [3.63, 3.8) is 0 Å². The van der Waals surface area contributed by atoms with E-state index in [4.69, 9.17) is 0 Å². The molecule has 2 aliphatic rings. The highest BCUT2D eigenvalue weighted by Gasteiger charge is 2.46. The lowest BCUT2D eigenvalue weighted by atomic mass is 9.85. The number of aliphatic hydroxyl groups excluding tert-OH is 1. The Labute approximate surface area is 142 Å². The minimum atomic E-state index is -0.441. The van der Waals surface area contributed by atoms with Crippen LogP contribution in [0.5, 0.6) is 0 Å². The number of carbonyl (C=O) groups is 1. The van der Waals surface area contributed by atoms with Gasteiger partial charge in [-0.1, -0.05) is 43.3 Å². The Morgan fingerprint density at radius 1 is 1.21 bits per heavy atom. The molecule has 0 spiro atoms. The molecule has 2 heterocycles. The molecule has 124 valence electrons. The second kappa shape index (κ2) is 5.83. The number of fused-ring (bicyclic) bond motifs is 3. The predicted octanol–water partition coefficient (Wildman–Crippen LogP) is 3.41. The first-order chi connectivity index (χ1) is 11.6. The van der Waals surface area contributed by atoms with Gasteiger partial charge in [0, 0.05) is 18.0 Å². The third kappa shape index (κ3) is 2.31. The third-order valence-corrected chi connectivity index (χ3v) is 5.67. The number of benzene rings is 2. The van der Waals surface area contributed by atoms with Crippen LogP contribution in [-0.4, -0.2) is 41.0 Å². The fraction of sp³-hybridized carbons (Fsp3) is 0.381. The minimum absolute atomic E-state index is 0.155. The van der Waals surface area contributed by atoms with Crippen molar-refractivity contribution < 1.29 is 9.90 Å². The SMILES string of the molecule is CCC(=O)C1=C(c2ccc3ccccc3c2)CC2CC(O)C1N2C. The molecule has 24 heavy (non-hydrogen) atoms. The van der Waals surface area contributed by atoms with Crippen molar-refractivity contribution in [1.29, 1.82) is 0 Å². The smallest absolute Gasteiger partial charge is 0.160 e. The topological polar surface area (TPSA) is 40.5 Å². The summed E-state index contributed by atoms with van der Waals surface area (Å²) in [4.78, 5) is 14.9. The molecule has 4 rings (SSSR count). The summed E-state index contributed by atoms with van der Waals surface area (Å²) < 4.78 is 0. The summed E-state index contributed by atoms with van der Waals surface area (Å²) in [5.41, 5.74) is 3.09. The van der Waals surface area contributed by atoms with E-state index in [2.05, 4.69) is 35.2 Å². The van der Waals surface area contributed by atoms with Gasteiger partial charge in [0.25, 0.3) is 0 Å². The standard InChI is InChI=1S/C21H23NO2/c1-3-18(23)20-17(11-16-12-19(24)21(20)22(16)2)15-9-8-13-6-4-5-7-14(13)10-15/h4-10,16,19,21,24H,3,11-12H2,1-2H3. The second-order valence-corrected chi connectivity index (χ2v) is 7.00. The molecule has 1 N–H and O–H groups in total. The number of rotatable bonds is 3. The maximum absolute atomic E-state index is 12.7. The van der Waals surface area contributed by atoms with Gasteiger partial charge in [0.1, 0.15) is 0 Å². The number of hydrogen-bond donors (Lipinski definition) is 1. The molecule has 0 radical (unpaired) electrons. The van der Waals surface area contributed by atoms with Crippen LogP contribution < -0.4 is 0 Å². The molecule has 2 aliphatic heterocycles. The van der Waals surface area contributed by atoms with Crippen molar-refractivity contribution in [3.05, 3.63) is 53.6 Å². The van der Waals surface area contributed by atoms with Crippen LogP contribution in [0.4, 0.5) is 0 Å². The van der Waals surface area contributed by atoms with Crippen molar-refractivity contribution in [3.8, 4) is 0 Å². The molecule has 1 saturated heterocycles. The highest BCUT2D eigenvalue weighted by Crippen LogP contribution is 2.43. The number of likely N-dealkylation sites (N-methyl/N-ethyl adjacent to an activating group) is 1. The number of hydrogen-bond acceptors (Lipinski definition) is 3. The Kier molecular flexibility index (Phi) is 3.78. The van der Waals surface area contributed by atoms with Gasteiger partial charge in [-0.3, -0.25) is 9.69 Å². The Bertz CT molecular complexity index is 839. The van der Waals surface area contributed by atoms with Gasteiger partial charge < -0.3 is 5.11 Å². The van der Waals surface area contributed by atoms with Gasteiger partial charge in [-0.15, -0.1) is 0 Å². The summed E-state index contributed by atoms with van der Waals surface area (Å²) in [6.07, 6.45) is 1.62. The number of Topliss-reactive ketones (excluding diaryl/α,β-unsaturated/α-hetero) is 1. The van der Waals surface area contributed by atoms with E-state index >= 15 is 0 Å². The molecule has 3 nitrogen and oxygen atoms in total. The monoisotopic (exact) mass is 321 g/mol. The van der Waals surface area contributed by atoms with E-state index in [0.717, 1.165) is 29.6 Å². The van der Waals surface area contributed by atoms with Gasteiger partial charge in [-0.2, -0.15) is 0 Å². The van der Waals surface area contributed by atoms with E-state index in [9.17, 15) is 9.90 Å². The molecule has 0 aliphatic carbocycles. The lowest BCUT2D eigenvalue weighted by molar-refractivity contribution is -0.116. The summed E-state index contributed by atoms with van der Waals surface area (Å²) in [5, 5.41) is 12.9. The quantitative estimate of drug-likeness (QED) is 0.942. The van der Waals surface area contributed by atoms with Crippen molar-refractivity contribution in [2.24, 2.45) is 0 Å². The zero-order valence-electron chi connectivity index (χ0n) is 14.2. The molecule has 1 fully saturated rings. The van der Waals surface area contributed by atoms with Crippen molar-refractivity contribution in [1.82, 2.24) is 4.90 Å². The molecule has 3 unspecified atom stereocenters. The van der Waals surface area contributed by atoms with Gasteiger partial charge in [0.15, 0.2) is 5.78 Å². The zero-order valence-corrected chi connectivity index (χ0v) is 14.2. The molecule has 3 atom stereocenters. The van der Waals surface area contributed by atoms with Crippen LogP contribution >= 0.6 is 0 Å². The maximum atomic E-state index is 12.7. The fourth-order valence-corrected chi connectivity index (χ4v) is 4.39. The highest BCUT2D eigenvalue weighted by molar-refractivity contribution is 6.05. The lowest BCUT2D eigenvalue weighted by Gasteiger charge is -2.35. The van der Waals surface area contributed by atoms with Crippen molar-refractivity contribution >= 4 is 22.1 Å². The molecule has 0 aromatic heterocycles. The first kappa shape index (κ1) is 15.6. The number of carbonyl (C=O) groups excluding carboxylic acids is 1. The van der Waals surface area contributed by atoms with E-state index in [-0.39, 0.29) is 11.8 Å². The van der Waals surface area contributed by atoms with Crippen molar-refractivity contribution in [2.45, 2.75) is 44.4 Å². The van der Waals surface area contributed by atoms with E-state index < -0.39 is 6.10 Å². The number of ketones is 1. The summed E-state index contributed by atoms with van der Waals surface area (Å²) in [7, 11) is 2.03. The Morgan fingerprint density at radius 3 is 2.71 bits per heavy atom. The Balaban J connectivity index is 1.90. The molecular formula is C21H23NO2. The predicted molar refractivity (Wildman–Crippen MR) is 96.7 cm³/mol. The number of nitrogens with zero attached hydrogens (tertiary/aromatic N) is 1. The summed E-state index contributed by atoms with van der Waals surface area (Å²) >= 11 is 0. The maximum Gasteiger partial charge on any atom is 0.160 e. The Morgan fingerprint density at radius 2 is 1.96 bits per heavy atom. The van der Waals surface area contributed by atoms with Crippen LogP contribution in [0.2, 0.25) is 0 Å². The molecule has 3 heteroatoms. The van der Waals surface area contributed by atoms with Gasteiger partial charge in [-0.05, 0) is 47.9 Å². The fourth-order valence-electron chi connectivity index (χ4n) is 4.39. The number of aliphatic hydroxyl groups is 1. The zero-order chi connectivity index (χ0) is 16.8. The summed E-state index contributed by atoms with van der Waals surface area (Å²) in [5.74, 6) is 0.161. The average molecular weight is 321 g/mol. The van der Waals surface area contributed by atoms with Gasteiger partial charge in [0.05, 0.1) is 12.1 Å². The van der Waals surface area contributed by atoms with Gasteiger partial charge in [-0.25, -0.2) is 0 Å². The summed E-state index contributed by atoms with van der Waals surface area (Å²) in [6.45, 7) is 1.90. The first-order valence-corrected chi connectivity index (χ1v) is 8.75. The lowest BCUT2D eigenvalue weighted by Crippen LogP contribution is -2.43. The average Bonchev–Trinajstić information content (AvgIpc) is 2.79. The van der Waals surface area contributed by atoms with E-state index in [0.29, 0.717) is 12.5 Å². The third-order valence-electron chi connectivity index (χ3n) is 5.67. The van der Waals surface area contributed by atoms with Crippen LogP contribution in [-0.2, 0) is 4.79 Å². The molecule has 0 saturated carbocycles. The largest absolute Gasteiger partial charge is 0.391 e. The summed E-state index contributed by atoms with van der Waals surface area (Å²) in [6, 6.07) is 14.9. The molecule has 2 aromatic rings. The van der Waals surface area contributed by atoms with E-state index in [1.54, 1.807) is 0 Å². The molecule has 2 aromatic carbocycles. The van der Waals surface area contributed by atoms with E-state index in [1.165, 1.54) is 10.8 Å².